The van der Waals surface area contributed by atoms with Crippen LogP contribution in [-0.2, 0) is 4.74 Å². The second-order valence-corrected chi connectivity index (χ2v) is 6.97. The normalized spacial score (nSPS) is 24.8. The Labute approximate surface area is 144 Å². The Bertz CT molecular complexity index is 526. The lowest BCUT2D eigenvalue weighted by atomic mass is 9.78. The molecule has 1 aliphatic heterocycles. The van der Waals surface area contributed by atoms with Gasteiger partial charge in [0.05, 0.1) is 5.69 Å². The zero-order valence-electron chi connectivity index (χ0n) is 14.7. The highest BCUT2D eigenvalue weighted by Crippen LogP contribution is 2.35. The number of hydrogen-bond donors (Lipinski definition) is 2. The SMILES string of the molecule is COCCCCN1CCN(c2cc(C3CC(N)C3)nc(N)n2)CC1. The summed E-state index contributed by atoms with van der Waals surface area (Å²) >= 11 is 0. The van der Waals surface area contributed by atoms with Crippen LogP contribution in [0, 0.1) is 0 Å². The zero-order chi connectivity index (χ0) is 16.9. The lowest BCUT2D eigenvalue weighted by molar-refractivity contribution is 0.182. The maximum Gasteiger partial charge on any atom is 0.222 e. The monoisotopic (exact) mass is 334 g/mol. The Morgan fingerprint density at radius 3 is 2.58 bits per heavy atom. The summed E-state index contributed by atoms with van der Waals surface area (Å²) in [6.07, 6.45) is 4.34. The molecule has 0 radical (unpaired) electrons. The summed E-state index contributed by atoms with van der Waals surface area (Å²) in [5.74, 6) is 1.80. The van der Waals surface area contributed by atoms with Gasteiger partial charge in [0.1, 0.15) is 5.82 Å². The van der Waals surface area contributed by atoms with Crippen LogP contribution >= 0.6 is 0 Å². The van der Waals surface area contributed by atoms with Crippen LogP contribution in [0.25, 0.3) is 0 Å². The average Bonchev–Trinajstić information content (AvgIpc) is 2.56. The van der Waals surface area contributed by atoms with Crippen molar-refractivity contribution in [1.82, 2.24) is 14.9 Å². The first-order chi connectivity index (χ1) is 11.7. The van der Waals surface area contributed by atoms with E-state index in [9.17, 15) is 0 Å². The number of nitrogen functional groups attached to an aromatic ring is 1. The molecule has 0 aromatic carbocycles. The summed E-state index contributed by atoms with van der Waals surface area (Å²) < 4.78 is 5.11. The summed E-state index contributed by atoms with van der Waals surface area (Å²) in [5, 5.41) is 0. The van der Waals surface area contributed by atoms with Gasteiger partial charge in [0, 0.05) is 57.9 Å². The van der Waals surface area contributed by atoms with Crippen molar-refractivity contribution in [2.24, 2.45) is 5.73 Å². The lowest BCUT2D eigenvalue weighted by Gasteiger charge is -2.36. The van der Waals surface area contributed by atoms with E-state index in [0.29, 0.717) is 17.9 Å². The van der Waals surface area contributed by atoms with Crippen LogP contribution in [-0.4, -0.2) is 67.4 Å². The van der Waals surface area contributed by atoms with Gasteiger partial charge >= 0.3 is 0 Å². The Hall–Kier alpha value is -1.44. The molecule has 1 saturated carbocycles. The molecule has 134 valence electrons. The minimum Gasteiger partial charge on any atom is -0.385 e. The smallest absolute Gasteiger partial charge is 0.222 e. The van der Waals surface area contributed by atoms with Crippen LogP contribution < -0.4 is 16.4 Å². The Balaban J connectivity index is 1.52. The van der Waals surface area contributed by atoms with Crippen LogP contribution in [0.15, 0.2) is 6.07 Å². The highest BCUT2D eigenvalue weighted by molar-refractivity contribution is 5.45. The number of hydrogen-bond acceptors (Lipinski definition) is 7. The quantitative estimate of drug-likeness (QED) is 0.713. The van der Waals surface area contributed by atoms with E-state index in [1.54, 1.807) is 7.11 Å². The van der Waals surface area contributed by atoms with E-state index >= 15 is 0 Å². The first-order valence-corrected chi connectivity index (χ1v) is 9.02. The molecule has 1 aliphatic carbocycles. The Morgan fingerprint density at radius 1 is 1.17 bits per heavy atom. The predicted octanol–water partition coefficient (Wildman–Crippen LogP) is 0.812. The second-order valence-electron chi connectivity index (χ2n) is 6.97. The lowest BCUT2D eigenvalue weighted by Crippen LogP contribution is -2.47. The van der Waals surface area contributed by atoms with Crippen molar-refractivity contribution in [3.63, 3.8) is 0 Å². The largest absolute Gasteiger partial charge is 0.385 e. The van der Waals surface area contributed by atoms with Gasteiger partial charge in [0.2, 0.25) is 5.95 Å². The maximum absolute atomic E-state index is 5.94. The van der Waals surface area contributed by atoms with Gasteiger partial charge in [-0.3, -0.25) is 4.90 Å². The summed E-state index contributed by atoms with van der Waals surface area (Å²) in [7, 11) is 1.76. The maximum atomic E-state index is 5.94. The molecule has 3 rings (SSSR count). The number of aromatic nitrogens is 2. The van der Waals surface area contributed by atoms with Crippen LogP contribution in [0.4, 0.5) is 11.8 Å². The number of anilines is 2. The highest BCUT2D eigenvalue weighted by atomic mass is 16.5. The average molecular weight is 334 g/mol. The minimum absolute atomic E-state index is 0.316. The Morgan fingerprint density at radius 2 is 1.92 bits per heavy atom. The fourth-order valence-corrected chi connectivity index (χ4v) is 3.53. The molecule has 24 heavy (non-hydrogen) atoms. The molecule has 0 spiro atoms. The molecule has 0 atom stereocenters. The van der Waals surface area contributed by atoms with E-state index in [2.05, 4.69) is 25.8 Å². The predicted molar refractivity (Wildman–Crippen MR) is 96.2 cm³/mol. The van der Waals surface area contributed by atoms with Gasteiger partial charge < -0.3 is 21.1 Å². The molecule has 0 bridgehead atoms. The van der Waals surface area contributed by atoms with E-state index < -0.39 is 0 Å². The summed E-state index contributed by atoms with van der Waals surface area (Å²) in [6, 6.07) is 2.43. The molecule has 4 N–H and O–H groups in total. The molecule has 1 saturated heterocycles. The first-order valence-electron chi connectivity index (χ1n) is 9.02. The number of nitrogens with two attached hydrogens (primary N) is 2. The van der Waals surface area contributed by atoms with Gasteiger partial charge in [-0.2, -0.15) is 4.98 Å². The number of unbranched alkanes of at least 4 members (excludes halogenated alkanes) is 1. The van der Waals surface area contributed by atoms with Crippen molar-refractivity contribution in [3.05, 3.63) is 11.8 Å². The first kappa shape index (κ1) is 17.4. The molecule has 7 heteroatoms. The van der Waals surface area contributed by atoms with Crippen molar-refractivity contribution in [2.45, 2.75) is 37.6 Å². The van der Waals surface area contributed by atoms with Crippen molar-refractivity contribution in [1.29, 1.82) is 0 Å². The molecular weight excluding hydrogens is 304 g/mol. The molecule has 2 heterocycles. The van der Waals surface area contributed by atoms with E-state index in [1.165, 1.54) is 6.42 Å². The van der Waals surface area contributed by atoms with Gasteiger partial charge in [-0.15, -0.1) is 0 Å². The van der Waals surface area contributed by atoms with Crippen LogP contribution in [0.2, 0.25) is 0 Å². The second kappa shape index (κ2) is 8.09. The van der Waals surface area contributed by atoms with Crippen LogP contribution in [0.1, 0.15) is 37.3 Å². The third-order valence-electron chi connectivity index (χ3n) is 5.11. The fourth-order valence-electron chi connectivity index (χ4n) is 3.53. The Kier molecular flexibility index (Phi) is 5.86. The van der Waals surface area contributed by atoms with Crippen molar-refractivity contribution in [3.8, 4) is 0 Å². The third kappa shape index (κ3) is 4.34. The van der Waals surface area contributed by atoms with Crippen LogP contribution in [0.5, 0.6) is 0 Å². The number of nitrogens with zero attached hydrogens (tertiary/aromatic N) is 4. The van der Waals surface area contributed by atoms with Gasteiger partial charge in [0.25, 0.3) is 0 Å². The van der Waals surface area contributed by atoms with E-state index in [4.69, 9.17) is 16.2 Å². The number of ether oxygens (including phenoxy) is 1. The molecule has 7 nitrogen and oxygen atoms in total. The van der Waals surface area contributed by atoms with Crippen molar-refractivity contribution >= 4 is 11.8 Å². The van der Waals surface area contributed by atoms with E-state index in [-0.39, 0.29) is 0 Å². The van der Waals surface area contributed by atoms with Crippen molar-refractivity contribution in [2.75, 3.05) is 57.1 Å². The number of methoxy groups -OCH3 is 1. The minimum atomic E-state index is 0.316. The topological polar surface area (TPSA) is 93.5 Å². The van der Waals surface area contributed by atoms with Gasteiger partial charge in [-0.1, -0.05) is 0 Å². The van der Waals surface area contributed by atoms with Crippen LogP contribution in [0.3, 0.4) is 0 Å². The summed E-state index contributed by atoms with van der Waals surface area (Å²) in [6.45, 7) is 6.12. The zero-order valence-corrected chi connectivity index (χ0v) is 14.7. The molecular formula is C17H30N6O. The molecule has 0 amide bonds. The fraction of sp³-hybridized carbons (Fsp3) is 0.765. The summed E-state index contributed by atoms with van der Waals surface area (Å²) in [4.78, 5) is 13.7. The molecule has 1 aromatic rings. The van der Waals surface area contributed by atoms with Crippen molar-refractivity contribution < 1.29 is 4.74 Å². The standard InChI is InChI=1S/C17H30N6O/c1-24-9-3-2-4-22-5-7-23(8-6-22)16-12-15(20-17(19)21-16)13-10-14(18)11-13/h12-14H,2-11,18H2,1H3,(H2,19,20,21). The molecule has 1 aromatic heterocycles. The number of rotatable bonds is 7. The highest BCUT2D eigenvalue weighted by Gasteiger charge is 2.29. The molecule has 2 fully saturated rings. The van der Waals surface area contributed by atoms with E-state index in [1.807, 2.05) is 0 Å². The van der Waals surface area contributed by atoms with E-state index in [0.717, 1.165) is 70.1 Å². The van der Waals surface area contributed by atoms with Gasteiger partial charge in [-0.05, 0) is 32.2 Å². The van der Waals surface area contributed by atoms with Gasteiger partial charge in [-0.25, -0.2) is 4.98 Å². The molecule has 0 unspecified atom stereocenters. The van der Waals surface area contributed by atoms with Gasteiger partial charge in [0.15, 0.2) is 0 Å². The number of piperazine rings is 1. The third-order valence-corrected chi connectivity index (χ3v) is 5.11. The summed E-state index contributed by atoms with van der Waals surface area (Å²) in [5.41, 5.74) is 12.9. The molecule has 2 aliphatic rings.